The first-order chi connectivity index (χ1) is 11.9. The molecule has 1 aliphatic heterocycles. The van der Waals surface area contributed by atoms with E-state index < -0.39 is 0 Å². The lowest BCUT2D eigenvalue weighted by molar-refractivity contribution is 0.795. The third kappa shape index (κ3) is 2.65. The molecule has 0 fully saturated rings. The Bertz CT molecular complexity index is 791. The Morgan fingerprint density at radius 2 is 1.33 bits per heavy atom. The van der Waals surface area contributed by atoms with Crippen LogP contribution in [0.5, 0.6) is 0 Å². The number of fused-ring (bicyclic) bond motifs is 2. The van der Waals surface area contributed by atoms with Gasteiger partial charge < -0.3 is 10.2 Å². The highest BCUT2D eigenvalue weighted by Crippen LogP contribution is 2.47. The molecule has 0 aliphatic carbocycles. The molecule has 0 saturated heterocycles. The van der Waals surface area contributed by atoms with E-state index in [4.69, 9.17) is 0 Å². The molecule has 24 heavy (non-hydrogen) atoms. The van der Waals surface area contributed by atoms with Gasteiger partial charge in [0.15, 0.2) is 0 Å². The maximum atomic E-state index is 3.54. The number of rotatable bonds is 4. The van der Waals surface area contributed by atoms with Gasteiger partial charge in [-0.3, -0.25) is 0 Å². The zero-order valence-electron chi connectivity index (χ0n) is 14.0. The summed E-state index contributed by atoms with van der Waals surface area (Å²) in [5, 5.41) is 3.54. The second-order valence-electron chi connectivity index (χ2n) is 6.26. The van der Waals surface area contributed by atoms with E-state index in [0.717, 1.165) is 17.8 Å². The van der Waals surface area contributed by atoms with Crippen molar-refractivity contribution in [3.05, 3.63) is 78.4 Å². The number of hydrogen-bond donors (Lipinski definition) is 1. The zero-order valence-corrected chi connectivity index (χ0v) is 14.0. The molecule has 1 aliphatic rings. The summed E-state index contributed by atoms with van der Waals surface area (Å²) in [5.74, 6) is 0. The van der Waals surface area contributed by atoms with E-state index in [1.54, 1.807) is 0 Å². The number of unbranched alkanes of at least 4 members (excludes halogenated alkanes) is 1. The van der Waals surface area contributed by atoms with Crippen LogP contribution in [0.2, 0.25) is 0 Å². The van der Waals surface area contributed by atoms with Gasteiger partial charge in [-0.05, 0) is 54.8 Å². The van der Waals surface area contributed by atoms with Crippen LogP contribution < -0.4 is 10.2 Å². The molecular weight excluding hydrogens is 292 g/mol. The Balaban J connectivity index is 1.77. The van der Waals surface area contributed by atoms with Crippen LogP contribution >= 0.6 is 0 Å². The third-order valence-electron chi connectivity index (χ3n) is 4.57. The molecule has 0 radical (unpaired) electrons. The van der Waals surface area contributed by atoms with Gasteiger partial charge in [-0.25, -0.2) is 0 Å². The van der Waals surface area contributed by atoms with Crippen molar-refractivity contribution in [2.45, 2.75) is 26.2 Å². The first kappa shape index (κ1) is 14.8. The summed E-state index contributed by atoms with van der Waals surface area (Å²) in [6.45, 7) is 2.24. The van der Waals surface area contributed by atoms with E-state index in [1.807, 2.05) is 0 Å². The van der Waals surface area contributed by atoms with E-state index in [0.29, 0.717) is 0 Å². The van der Waals surface area contributed by atoms with Gasteiger partial charge in [0.05, 0.1) is 22.7 Å². The molecule has 2 nitrogen and oxygen atoms in total. The summed E-state index contributed by atoms with van der Waals surface area (Å²) in [6, 6.07) is 25.9. The van der Waals surface area contributed by atoms with Crippen molar-refractivity contribution >= 4 is 28.4 Å². The van der Waals surface area contributed by atoms with Gasteiger partial charge in [0, 0.05) is 5.69 Å². The fourth-order valence-electron chi connectivity index (χ4n) is 3.29. The van der Waals surface area contributed by atoms with Crippen LogP contribution in [0.3, 0.4) is 0 Å². The highest BCUT2D eigenvalue weighted by molar-refractivity contribution is 5.96. The number of para-hydroxylation sites is 4. The average Bonchev–Trinajstić information content (AvgIpc) is 2.65. The maximum Gasteiger partial charge on any atom is 0.0697 e. The number of aryl methyl sites for hydroxylation is 1. The van der Waals surface area contributed by atoms with Crippen molar-refractivity contribution in [3.8, 4) is 0 Å². The predicted molar refractivity (Wildman–Crippen MR) is 103 cm³/mol. The van der Waals surface area contributed by atoms with Crippen LogP contribution in [0, 0.1) is 0 Å². The van der Waals surface area contributed by atoms with Crippen molar-refractivity contribution in [2.75, 3.05) is 10.2 Å². The Kier molecular flexibility index (Phi) is 3.96. The number of hydrogen-bond acceptors (Lipinski definition) is 2. The molecular formula is C22H22N2. The molecule has 0 spiro atoms. The molecule has 0 amide bonds. The van der Waals surface area contributed by atoms with Gasteiger partial charge in [0.1, 0.15) is 0 Å². The lowest BCUT2D eigenvalue weighted by Crippen LogP contribution is -2.17. The van der Waals surface area contributed by atoms with Crippen molar-refractivity contribution in [1.82, 2.24) is 0 Å². The van der Waals surface area contributed by atoms with Crippen LogP contribution in [0.4, 0.5) is 28.4 Å². The van der Waals surface area contributed by atoms with Crippen LogP contribution in [-0.2, 0) is 6.42 Å². The summed E-state index contributed by atoms with van der Waals surface area (Å²) in [4.78, 5) is 2.34. The summed E-state index contributed by atoms with van der Waals surface area (Å²) >= 11 is 0. The normalized spacial score (nSPS) is 12.3. The molecule has 0 atom stereocenters. The molecule has 3 aromatic carbocycles. The first-order valence-electron chi connectivity index (χ1n) is 8.71. The van der Waals surface area contributed by atoms with E-state index >= 15 is 0 Å². The van der Waals surface area contributed by atoms with Crippen LogP contribution in [0.25, 0.3) is 0 Å². The topological polar surface area (TPSA) is 15.3 Å². The van der Waals surface area contributed by atoms with E-state index in [2.05, 4.69) is 89.9 Å². The van der Waals surface area contributed by atoms with Crippen LogP contribution in [0.1, 0.15) is 25.3 Å². The Hall–Kier alpha value is -2.74. The largest absolute Gasteiger partial charge is 0.352 e. The fraction of sp³-hybridized carbons (Fsp3) is 0.182. The van der Waals surface area contributed by atoms with Gasteiger partial charge in [-0.1, -0.05) is 49.7 Å². The molecule has 0 saturated carbocycles. The highest BCUT2D eigenvalue weighted by atomic mass is 15.2. The number of anilines is 5. The minimum atomic E-state index is 1.14. The number of benzene rings is 3. The third-order valence-corrected chi connectivity index (χ3v) is 4.57. The fourth-order valence-corrected chi connectivity index (χ4v) is 3.29. The Morgan fingerprint density at radius 3 is 1.92 bits per heavy atom. The first-order valence-corrected chi connectivity index (χ1v) is 8.71. The lowest BCUT2D eigenvalue weighted by Gasteiger charge is -2.34. The molecule has 120 valence electrons. The smallest absolute Gasteiger partial charge is 0.0697 e. The summed E-state index contributed by atoms with van der Waals surface area (Å²) < 4.78 is 0. The van der Waals surface area contributed by atoms with Crippen molar-refractivity contribution in [2.24, 2.45) is 0 Å². The molecule has 2 heteroatoms. The second kappa shape index (κ2) is 6.40. The molecule has 1 N–H and O–H groups in total. The monoisotopic (exact) mass is 314 g/mol. The average molecular weight is 314 g/mol. The zero-order chi connectivity index (χ0) is 16.4. The second-order valence-corrected chi connectivity index (χ2v) is 6.26. The van der Waals surface area contributed by atoms with Crippen molar-refractivity contribution in [1.29, 1.82) is 0 Å². The van der Waals surface area contributed by atoms with Crippen LogP contribution in [0.15, 0.2) is 72.8 Å². The van der Waals surface area contributed by atoms with Crippen molar-refractivity contribution in [3.63, 3.8) is 0 Å². The summed E-state index contributed by atoms with van der Waals surface area (Å²) in [5.41, 5.74) is 7.29. The van der Waals surface area contributed by atoms with Crippen LogP contribution in [-0.4, -0.2) is 0 Å². The quantitative estimate of drug-likeness (QED) is 0.459. The predicted octanol–water partition coefficient (Wildman–Crippen LogP) is 6.56. The summed E-state index contributed by atoms with van der Waals surface area (Å²) in [7, 11) is 0. The van der Waals surface area contributed by atoms with Gasteiger partial charge >= 0.3 is 0 Å². The molecule has 4 rings (SSSR count). The van der Waals surface area contributed by atoms with E-state index in [1.165, 1.54) is 35.5 Å². The molecule has 3 aromatic rings. The maximum absolute atomic E-state index is 3.54. The minimum Gasteiger partial charge on any atom is -0.352 e. The molecule has 0 aromatic heterocycles. The van der Waals surface area contributed by atoms with Gasteiger partial charge in [0.25, 0.3) is 0 Å². The van der Waals surface area contributed by atoms with Gasteiger partial charge in [0.2, 0.25) is 0 Å². The number of nitrogens with one attached hydrogen (secondary N) is 1. The lowest BCUT2D eigenvalue weighted by atomic mass is 10.1. The molecule has 0 bridgehead atoms. The standard InChI is InChI=1S/C22H22N2/c1-2-3-8-17-13-15-18(16-14-17)24-21-11-6-4-9-19(21)23-20-10-5-7-12-22(20)24/h4-7,9-16,23H,2-3,8H2,1H3. The minimum absolute atomic E-state index is 1.14. The Morgan fingerprint density at radius 1 is 0.750 bits per heavy atom. The molecule has 0 unspecified atom stereocenters. The number of nitrogens with zero attached hydrogens (tertiary/aromatic N) is 1. The van der Waals surface area contributed by atoms with Gasteiger partial charge in [-0.2, -0.15) is 0 Å². The highest BCUT2D eigenvalue weighted by Gasteiger charge is 2.22. The molecule has 1 heterocycles. The van der Waals surface area contributed by atoms with E-state index in [9.17, 15) is 0 Å². The SMILES string of the molecule is CCCCc1ccc(N2c3ccccc3Nc3ccccc32)cc1. The van der Waals surface area contributed by atoms with Crippen molar-refractivity contribution < 1.29 is 0 Å². The summed E-state index contributed by atoms with van der Waals surface area (Å²) in [6.07, 6.45) is 3.64. The van der Waals surface area contributed by atoms with E-state index in [-0.39, 0.29) is 0 Å². The Labute approximate surface area is 143 Å². The van der Waals surface area contributed by atoms with Gasteiger partial charge in [-0.15, -0.1) is 0 Å².